The Kier molecular flexibility index (Phi) is 4.29. The zero-order chi connectivity index (χ0) is 15.4. The maximum Gasteiger partial charge on any atom is 0.214 e. The van der Waals surface area contributed by atoms with Crippen LogP contribution in [0.4, 0.5) is 0 Å². The molecule has 0 aliphatic rings. The molecule has 0 aliphatic heterocycles. The van der Waals surface area contributed by atoms with Crippen molar-refractivity contribution in [3.63, 3.8) is 0 Å². The molecular formula is C16H17N5S. The van der Waals surface area contributed by atoms with Gasteiger partial charge in [0.2, 0.25) is 4.77 Å². The van der Waals surface area contributed by atoms with Crippen LogP contribution >= 0.6 is 12.2 Å². The van der Waals surface area contributed by atoms with Crippen molar-refractivity contribution in [3.8, 4) is 11.4 Å². The standard InChI is InChI=1S/C16H17N5S/c1-2-12-3-5-13(6-4-12)11-18-21-15(19-20-16(21)22)14-7-9-17-10-8-14/h3-10,18H,2,11H2,1H3,(H,20,22). The summed E-state index contributed by atoms with van der Waals surface area (Å²) < 4.78 is 2.33. The second-order valence-corrected chi connectivity index (χ2v) is 5.32. The fourth-order valence-corrected chi connectivity index (χ4v) is 2.40. The van der Waals surface area contributed by atoms with E-state index in [9.17, 15) is 0 Å². The molecule has 6 heteroatoms. The van der Waals surface area contributed by atoms with Gasteiger partial charge in [0.1, 0.15) is 0 Å². The highest BCUT2D eigenvalue weighted by Crippen LogP contribution is 2.15. The minimum atomic E-state index is 0.539. The van der Waals surface area contributed by atoms with Crippen LogP contribution in [0.2, 0.25) is 0 Å². The Balaban J connectivity index is 1.80. The van der Waals surface area contributed by atoms with Gasteiger partial charge in [-0.15, -0.1) is 0 Å². The average Bonchev–Trinajstić information content (AvgIpc) is 2.95. The van der Waals surface area contributed by atoms with E-state index in [0.29, 0.717) is 11.3 Å². The number of nitrogens with zero attached hydrogens (tertiary/aromatic N) is 3. The first kappa shape index (κ1) is 14.5. The number of H-pyrrole nitrogens is 1. The fraction of sp³-hybridized carbons (Fsp3) is 0.188. The SMILES string of the molecule is CCc1ccc(CNn2c(-c3ccncc3)n[nH]c2=S)cc1. The summed E-state index contributed by atoms with van der Waals surface area (Å²) in [6, 6.07) is 12.4. The number of rotatable bonds is 5. The molecule has 112 valence electrons. The summed E-state index contributed by atoms with van der Waals surface area (Å²) in [7, 11) is 0. The van der Waals surface area contributed by atoms with E-state index in [2.05, 4.69) is 51.8 Å². The van der Waals surface area contributed by atoms with Gasteiger partial charge in [0.05, 0.1) is 6.54 Å². The highest BCUT2D eigenvalue weighted by atomic mass is 32.1. The molecule has 0 fully saturated rings. The number of hydrogen-bond donors (Lipinski definition) is 2. The third kappa shape index (κ3) is 3.07. The van der Waals surface area contributed by atoms with Crippen LogP contribution in [0.25, 0.3) is 11.4 Å². The second kappa shape index (κ2) is 6.53. The maximum absolute atomic E-state index is 5.29. The van der Waals surface area contributed by atoms with Crippen LogP contribution in [0.15, 0.2) is 48.8 Å². The molecule has 0 saturated carbocycles. The second-order valence-electron chi connectivity index (χ2n) is 4.93. The Morgan fingerprint density at radius 3 is 2.45 bits per heavy atom. The lowest BCUT2D eigenvalue weighted by Crippen LogP contribution is -2.15. The Hall–Kier alpha value is -2.47. The minimum absolute atomic E-state index is 0.539. The normalized spacial score (nSPS) is 10.6. The van der Waals surface area contributed by atoms with Crippen LogP contribution in [0.3, 0.4) is 0 Å². The van der Waals surface area contributed by atoms with Crippen molar-refractivity contribution < 1.29 is 0 Å². The first-order chi connectivity index (χ1) is 10.8. The Morgan fingerprint density at radius 1 is 1.09 bits per heavy atom. The molecular weight excluding hydrogens is 294 g/mol. The van der Waals surface area contributed by atoms with E-state index >= 15 is 0 Å². The fourth-order valence-electron chi connectivity index (χ4n) is 2.20. The average molecular weight is 311 g/mol. The number of hydrogen-bond acceptors (Lipinski definition) is 4. The highest BCUT2D eigenvalue weighted by Gasteiger charge is 2.08. The first-order valence-corrected chi connectivity index (χ1v) is 7.58. The van der Waals surface area contributed by atoms with E-state index in [0.717, 1.165) is 17.8 Å². The Bertz CT molecular complexity index is 789. The molecule has 2 heterocycles. The van der Waals surface area contributed by atoms with Crippen LogP contribution in [-0.4, -0.2) is 19.9 Å². The zero-order valence-corrected chi connectivity index (χ0v) is 13.1. The molecule has 2 N–H and O–H groups in total. The maximum atomic E-state index is 5.29. The number of aromatic nitrogens is 4. The largest absolute Gasteiger partial charge is 0.317 e. The Morgan fingerprint density at radius 2 is 1.77 bits per heavy atom. The lowest BCUT2D eigenvalue weighted by Gasteiger charge is -2.10. The Labute approximate surface area is 134 Å². The van der Waals surface area contributed by atoms with Crippen molar-refractivity contribution in [2.45, 2.75) is 19.9 Å². The lowest BCUT2D eigenvalue weighted by molar-refractivity contribution is 0.831. The summed E-state index contributed by atoms with van der Waals surface area (Å²) >= 11 is 5.29. The third-order valence-electron chi connectivity index (χ3n) is 3.48. The number of aryl methyl sites for hydroxylation is 1. The lowest BCUT2D eigenvalue weighted by atomic mass is 10.1. The topological polar surface area (TPSA) is 58.5 Å². The summed E-state index contributed by atoms with van der Waals surface area (Å²) in [6.07, 6.45) is 4.52. The van der Waals surface area contributed by atoms with Crippen LogP contribution < -0.4 is 5.43 Å². The van der Waals surface area contributed by atoms with Gasteiger partial charge >= 0.3 is 0 Å². The molecule has 0 saturated heterocycles. The summed E-state index contributed by atoms with van der Waals surface area (Å²) in [6.45, 7) is 2.83. The third-order valence-corrected chi connectivity index (χ3v) is 3.76. The van der Waals surface area contributed by atoms with E-state index in [1.165, 1.54) is 11.1 Å². The molecule has 0 aliphatic carbocycles. The predicted octanol–water partition coefficient (Wildman–Crippen LogP) is 3.31. The summed E-state index contributed by atoms with van der Waals surface area (Å²) in [5.41, 5.74) is 6.80. The number of pyridine rings is 1. The molecule has 0 bridgehead atoms. The van der Waals surface area contributed by atoms with Gasteiger partial charge < -0.3 is 5.43 Å². The van der Waals surface area contributed by atoms with Crippen molar-refractivity contribution >= 4 is 12.2 Å². The quantitative estimate of drug-likeness (QED) is 0.710. The van der Waals surface area contributed by atoms with Gasteiger partial charge in [0, 0.05) is 18.0 Å². The van der Waals surface area contributed by atoms with E-state index in [-0.39, 0.29) is 0 Å². The molecule has 0 spiro atoms. The minimum Gasteiger partial charge on any atom is -0.317 e. The molecule has 22 heavy (non-hydrogen) atoms. The van der Waals surface area contributed by atoms with Gasteiger partial charge in [-0.1, -0.05) is 31.2 Å². The van der Waals surface area contributed by atoms with Gasteiger partial charge in [0.15, 0.2) is 5.82 Å². The number of nitrogens with one attached hydrogen (secondary N) is 2. The van der Waals surface area contributed by atoms with Crippen LogP contribution in [0.1, 0.15) is 18.1 Å². The number of aromatic amines is 1. The molecule has 3 aromatic rings. The molecule has 0 amide bonds. The van der Waals surface area contributed by atoms with Gasteiger partial charge in [-0.05, 0) is 41.9 Å². The van der Waals surface area contributed by atoms with Crippen molar-refractivity contribution in [2.75, 3.05) is 5.43 Å². The molecule has 0 unspecified atom stereocenters. The highest BCUT2D eigenvalue weighted by molar-refractivity contribution is 7.71. The van der Waals surface area contributed by atoms with E-state index in [4.69, 9.17) is 12.2 Å². The summed E-state index contributed by atoms with van der Waals surface area (Å²) in [4.78, 5) is 4.02. The van der Waals surface area contributed by atoms with Gasteiger partial charge in [-0.25, -0.2) is 9.77 Å². The van der Waals surface area contributed by atoms with Crippen molar-refractivity contribution in [1.29, 1.82) is 0 Å². The molecule has 3 rings (SSSR count). The molecule has 1 aromatic carbocycles. The molecule has 0 radical (unpaired) electrons. The zero-order valence-electron chi connectivity index (χ0n) is 12.3. The molecule has 2 aromatic heterocycles. The molecule has 5 nitrogen and oxygen atoms in total. The van der Waals surface area contributed by atoms with E-state index < -0.39 is 0 Å². The van der Waals surface area contributed by atoms with Crippen molar-refractivity contribution in [2.24, 2.45) is 0 Å². The van der Waals surface area contributed by atoms with Crippen LogP contribution in [0, 0.1) is 4.77 Å². The van der Waals surface area contributed by atoms with Crippen molar-refractivity contribution in [1.82, 2.24) is 19.9 Å². The van der Waals surface area contributed by atoms with Gasteiger partial charge in [-0.3, -0.25) is 4.98 Å². The summed E-state index contributed by atoms with van der Waals surface area (Å²) in [5.74, 6) is 0.748. The van der Waals surface area contributed by atoms with Crippen molar-refractivity contribution in [3.05, 3.63) is 64.7 Å². The van der Waals surface area contributed by atoms with Gasteiger partial charge in [0.25, 0.3) is 0 Å². The molecule has 0 atom stereocenters. The van der Waals surface area contributed by atoms with E-state index in [1.54, 1.807) is 17.1 Å². The summed E-state index contributed by atoms with van der Waals surface area (Å²) in [5, 5.41) is 7.10. The smallest absolute Gasteiger partial charge is 0.214 e. The monoisotopic (exact) mass is 311 g/mol. The van der Waals surface area contributed by atoms with Crippen LogP contribution in [-0.2, 0) is 13.0 Å². The predicted molar refractivity (Wildman–Crippen MR) is 89.5 cm³/mol. The first-order valence-electron chi connectivity index (χ1n) is 7.17. The number of benzene rings is 1. The van der Waals surface area contributed by atoms with Gasteiger partial charge in [-0.2, -0.15) is 5.10 Å². The van der Waals surface area contributed by atoms with Crippen LogP contribution in [0.5, 0.6) is 0 Å². The van der Waals surface area contributed by atoms with E-state index in [1.807, 2.05) is 12.1 Å².